The van der Waals surface area contributed by atoms with Crippen molar-refractivity contribution >= 4 is 0 Å². The van der Waals surface area contributed by atoms with Gasteiger partial charge in [0.1, 0.15) is 17.7 Å². The third-order valence-electron chi connectivity index (χ3n) is 3.48. The van der Waals surface area contributed by atoms with Crippen LogP contribution in [0.15, 0.2) is 12.3 Å². The summed E-state index contributed by atoms with van der Waals surface area (Å²) in [6.07, 6.45) is 6.49. The standard InChI is InChI=1S/C14H18N2O/c1-10-3-5-12(6-4-10)17-14-13(9-15)11(2)7-8-16-14/h7-8,10,12H,3-6H2,1-2H3. The van der Waals surface area contributed by atoms with Crippen molar-refractivity contribution in [2.75, 3.05) is 0 Å². The first-order valence-electron chi connectivity index (χ1n) is 6.23. The highest BCUT2D eigenvalue weighted by atomic mass is 16.5. The Kier molecular flexibility index (Phi) is 3.63. The monoisotopic (exact) mass is 230 g/mol. The summed E-state index contributed by atoms with van der Waals surface area (Å²) in [5, 5.41) is 9.10. The summed E-state index contributed by atoms with van der Waals surface area (Å²) < 4.78 is 5.87. The Balaban J connectivity index is 2.09. The zero-order chi connectivity index (χ0) is 12.3. The number of nitriles is 1. The van der Waals surface area contributed by atoms with Gasteiger partial charge in [-0.25, -0.2) is 4.98 Å². The van der Waals surface area contributed by atoms with Gasteiger partial charge in [-0.1, -0.05) is 6.92 Å². The quantitative estimate of drug-likeness (QED) is 0.783. The van der Waals surface area contributed by atoms with E-state index < -0.39 is 0 Å². The van der Waals surface area contributed by atoms with Gasteiger partial charge in [0, 0.05) is 6.20 Å². The molecule has 1 saturated carbocycles. The minimum absolute atomic E-state index is 0.229. The molecule has 0 N–H and O–H groups in total. The van der Waals surface area contributed by atoms with Crippen LogP contribution in [0.4, 0.5) is 0 Å². The molecular formula is C14H18N2O. The van der Waals surface area contributed by atoms with Crippen LogP contribution in [0.25, 0.3) is 0 Å². The summed E-state index contributed by atoms with van der Waals surface area (Å²) in [6.45, 7) is 4.19. The first-order valence-corrected chi connectivity index (χ1v) is 6.23. The minimum atomic E-state index is 0.229. The molecule has 0 atom stereocenters. The van der Waals surface area contributed by atoms with Gasteiger partial charge in [0.15, 0.2) is 0 Å². The fourth-order valence-corrected chi connectivity index (χ4v) is 2.26. The molecule has 2 rings (SSSR count). The average molecular weight is 230 g/mol. The second-order valence-corrected chi connectivity index (χ2v) is 4.92. The molecule has 1 aliphatic rings. The number of hydrogen-bond donors (Lipinski definition) is 0. The third kappa shape index (κ3) is 2.76. The second-order valence-electron chi connectivity index (χ2n) is 4.92. The first-order chi connectivity index (χ1) is 8.20. The van der Waals surface area contributed by atoms with E-state index in [1.807, 2.05) is 13.0 Å². The van der Waals surface area contributed by atoms with Crippen LogP contribution < -0.4 is 4.74 Å². The molecule has 1 aliphatic carbocycles. The van der Waals surface area contributed by atoms with E-state index in [-0.39, 0.29) is 6.10 Å². The van der Waals surface area contributed by atoms with Crippen LogP contribution in [0, 0.1) is 24.2 Å². The highest BCUT2D eigenvalue weighted by Crippen LogP contribution is 2.28. The van der Waals surface area contributed by atoms with Crippen molar-refractivity contribution in [1.82, 2.24) is 4.98 Å². The molecule has 1 aromatic rings. The topological polar surface area (TPSA) is 45.9 Å². The van der Waals surface area contributed by atoms with Crippen LogP contribution in [0.2, 0.25) is 0 Å². The van der Waals surface area contributed by atoms with Gasteiger partial charge in [-0.3, -0.25) is 0 Å². The predicted octanol–water partition coefficient (Wildman–Crippen LogP) is 3.22. The van der Waals surface area contributed by atoms with Crippen molar-refractivity contribution in [2.24, 2.45) is 5.92 Å². The molecule has 90 valence electrons. The predicted molar refractivity (Wildman–Crippen MR) is 65.7 cm³/mol. The van der Waals surface area contributed by atoms with Gasteiger partial charge in [-0.05, 0) is 50.2 Å². The average Bonchev–Trinajstić information content (AvgIpc) is 2.32. The number of pyridine rings is 1. The summed E-state index contributed by atoms with van der Waals surface area (Å²) >= 11 is 0. The second kappa shape index (κ2) is 5.18. The van der Waals surface area contributed by atoms with E-state index in [1.54, 1.807) is 6.20 Å². The molecule has 0 spiro atoms. The van der Waals surface area contributed by atoms with Gasteiger partial charge in [0.25, 0.3) is 0 Å². The molecule has 0 bridgehead atoms. The Morgan fingerprint density at radius 1 is 1.35 bits per heavy atom. The smallest absolute Gasteiger partial charge is 0.232 e. The fraction of sp³-hybridized carbons (Fsp3) is 0.571. The third-order valence-corrected chi connectivity index (χ3v) is 3.48. The van der Waals surface area contributed by atoms with Gasteiger partial charge >= 0.3 is 0 Å². The Labute approximate surface area is 102 Å². The fourth-order valence-electron chi connectivity index (χ4n) is 2.26. The SMILES string of the molecule is Cc1ccnc(OC2CCC(C)CC2)c1C#N. The van der Waals surface area contributed by atoms with Gasteiger partial charge in [0.05, 0.1) is 0 Å². The molecule has 1 aromatic heterocycles. The maximum Gasteiger partial charge on any atom is 0.232 e. The summed E-state index contributed by atoms with van der Waals surface area (Å²) in [5.74, 6) is 1.31. The molecule has 0 aliphatic heterocycles. The van der Waals surface area contributed by atoms with Crippen molar-refractivity contribution in [1.29, 1.82) is 5.26 Å². The van der Waals surface area contributed by atoms with E-state index in [0.29, 0.717) is 11.4 Å². The van der Waals surface area contributed by atoms with E-state index in [4.69, 9.17) is 10.00 Å². The Hall–Kier alpha value is -1.56. The van der Waals surface area contributed by atoms with E-state index in [0.717, 1.165) is 24.3 Å². The molecule has 0 aromatic carbocycles. The number of ether oxygens (including phenoxy) is 1. The van der Waals surface area contributed by atoms with Crippen LogP contribution in [-0.4, -0.2) is 11.1 Å². The highest BCUT2D eigenvalue weighted by molar-refractivity contribution is 5.43. The van der Waals surface area contributed by atoms with Crippen LogP contribution in [0.5, 0.6) is 5.88 Å². The van der Waals surface area contributed by atoms with Crippen LogP contribution in [0.3, 0.4) is 0 Å². The maximum absolute atomic E-state index is 9.10. The lowest BCUT2D eigenvalue weighted by Crippen LogP contribution is -2.23. The molecule has 0 saturated heterocycles. The largest absolute Gasteiger partial charge is 0.473 e. The minimum Gasteiger partial charge on any atom is -0.473 e. The zero-order valence-corrected chi connectivity index (χ0v) is 10.4. The first kappa shape index (κ1) is 11.9. The van der Waals surface area contributed by atoms with Gasteiger partial charge in [-0.2, -0.15) is 5.26 Å². The van der Waals surface area contributed by atoms with Crippen molar-refractivity contribution in [3.63, 3.8) is 0 Å². The van der Waals surface area contributed by atoms with Gasteiger partial charge in [0.2, 0.25) is 5.88 Å². The lowest BCUT2D eigenvalue weighted by atomic mass is 9.89. The molecule has 17 heavy (non-hydrogen) atoms. The summed E-state index contributed by atoms with van der Waals surface area (Å²) in [5.41, 5.74) is 1.51. The van der Waals surface area contributed by atoms with E-state index in [2.05, 4.69) is 18.0 Å². The lowest BCUT2D eigenvalue weighted by Gasteiger charge is -2.26. The Bertz CT molecular complexity index is 428. The van der Waals surface area contributed by atoms with Crippen molar-refractivity contribution in [3.05, 3.63) is 23.4 Å². The van der Waals surface area contributed by atoms with Crippen molar-refractivity contribution in [3.8, 4) is 11.9 Å². The molecule has 0 unspecified atom stereocenters. The van der Waals surface area contributed by atoms with Crippen LogP contribution in [-0.2, 0) is 0 Å². The summed E-state index contributed by atoms with van der Waals surface area (Å²) in [4.78, 5) is 4.18. The maximum atomic E-state index is 9.10. The number of rotatable bonds is 2. The molecule has 3 heteroatoms. The number of hydrogen-bond acceptors (Lipinski definition) is 3. The molecule has 3 nitrogen and oxygen atoms in total. The number of nitrogens with zero attached hydrogens (tertiary/aromatic N) is 2. The van der Waals surface area contributed by atoms with Crippen molar-refractivity contribution < 1.29 is 4.74 Å². The lowest BCUT2D eigenvalue weighted by molar-refractivity contribution is 0.129. The molecule has 1 fully saturated rings. The molecular weight excluding hydrogens is 212 g/mol. The zero-order valence-electron chi connectivity index (χ0n) is 10.4. The van der Waals surface area contributed by atoms with E-state index >= 15 is 0 Å². The van der Waals surface area contributed by atoms with Crippen molar-refractivity contribution in [2.45, 2.75) is 45.6 Å². The van der Waals surface area contributed by atoms with Crippen LogP contribution >= 0.6 is 0 Å². The Morgan fingerprint density at radius 2 is 2.06 bits per heavy atom. The Morgan fingerprint density at radius 3 is 2.71 bits per heavy atom. The van der Waals surface area contributed by atoms with Crippen LogP contribution in [0.1, 0.15) is 43.7 Å². The highest BCUT2D eigenvalue weighted by Gasteiger charge is 2.21. The van der Waals surface area contributed by atoms with E-state index in [1.165, 1.54) is 12.8 Å². The number of aromatic nitrogens is 1. The normalized spacial score (nSPS) is 24.1. The van der Waals surface area contributed by atoms with Gasteiger partial charge < -0.3 is 4.74 Å². The summed E-state index contributed by atoms with van der Waals surface area (Å²) in [7, 11) is 0. The van der Waals surface area contributed by atoms with E-state index in [9.17, 15) is 0 Å². The molecule has 0 amide bonds. The number of aryl methyl sites for hydroxylation is 1. The summed E-state index contributed by atoms with van der Waals surface area (Å²) in [6, 6.07) is 4.02. The molecule has 1 heterocycles. The van der Waals surface area contributed by atoms with Gasteiger partial charge in [-0.15, -0.1) is 0 Å². The molecule has 0 radical (unpaired) electrons.